The molecule has 0 saturated heterocycles. The van der Waals surface area contributed by atoms with E-state index in [-0.39, 0.29) is 18.5 Å². The Kier molecular flexibility index (Phi) is 10.4. The molecular weight excluding hydrogens is 546 g/mol. The highest BCUT2D eigenvalue weighted by atomic mass is 32.2. The normalized spacial score (nSPS) is 14.7. The van der Waals surface area contributed by atoms with Crippen LogP contribution in [0.25, 0.3) is 0 Å². The van der Waals surface area contributed by atoms with Crippen molar-refractivity contribution >= 4 is 27.5 Å². The smallest absolute Gasteiger partial charge is 0.244 e. The van der Waals surface area contributed by atoms with Crippen LogP contribution in [0.1, 0.15) is 59.9 Å². The van der Waals surface area contributed by atoms with E-state index in [0.29, 0.717) is 12.1 Å². The standard InChI is InChI=1S/C34H43N3O4S/c1-25-15-13-21-31(27(25)3)37(42(4,40)41)24-33(38)36(23-29-18-12-11-14-26(29)2)32(22-28-16-7-5-8-17-28)34(39)35-30-19-9-6-10-20-30/h5,7-8,11-18,21,30,32H,6,9-10,19-20,22-24H2,1-4H3,(H,35,39)/t32-/m1/s1. The Bertz CT molecular complexity index is 1480. The summed E-state index contributed by atoms with van der Waals surface area (Å²) in [4.78, 5) is 30.0. The SMILES string of the molecule is Cc1ccccc1CN(C(=O)CN(c1cccc(C)c1C)S(C)(=O)=O)[C@H](Cc1ccccc1)C(=O)NC1CCCCC1. The molecule has 1 saturated carbocycles. The van der Waals surface area contributed by atoms with E-state index < -0.39 is 28.5 Å². The minimum absolute atomic E-state index is 0.0717. The lowest BCUT2D eigenvalue weighted by molar-refractivity contribution is -0.140. The second-order valence-electron chi connectivity index (χ2n) is 11.5. The van der Waals surface area contributed by atoms with Crippen LogP contribution in [0.15, 0.2) is 72.8 Å². The molecule has 3 aromatic carbocycles. The topological polar surface area (TPSA) is 86.8 Å². The first-order valence-electron chi connectivity index (χ1n) is 14.8. The molecule has 224 valence electrons. The third-order valence-corrected chi connectivity index (χ3v) is 9.47. The van der Waals surface area contributed by atoms with Gasteiger partial charge >= 0.3 is 0 Å². The van der Waals surface area contributed by atoms with Crippen molar-refractivity contribution in [3.05, 3.63) is 101 Å². The average Bonchev–Trinajstić information content (AvgIpc) is 2.96. The van der Waals surface area contributed by atoms with Crippen molar-refractivity contribution in [1.29, 1.82) is 0 Å². The second kappa shape index (κ2) is 14.0. The van der Waals surface area contributed by atoms with Crippen LogP contribution in [0.2, 0.25) is 0 Å². The Morgan fingerprint density at radius 3 is 2.17 bits per heavy atom. The van der Waals surface area contributed by atoms with Crippen molar-refractivity contribution < 1.29 is 18.0 Å². The monoisotopic (exact) mass is 589 g/mol. The number of rotatable bonds is 11. The summed E-state index contributed by atoms with van der Waals surface area (Å²) in [5.74, 6) is -0.630. The number of carbonyl (C=O) groups excluding carboxylic acids is 2. The molecular formula is C34H43N3O4S. The predicted molar refractivity (Wildman–Crippen MR) is 169 cm³/mol. The van der Waals surface area contributed by atoms with E-state index >= 15 is 0 Å². The van der Waals surface area contributed by atoms with Gasteiger partial charge in [-0.05, 0) is 67.5 Å². The summed E-state index contributed by atoms with van der Waals surface area (Å²) in [5.41, 5.74) is 5.02. The lowest BCUT2D eigenvalue weighted by Crippen LogP contribution is -2.55. The number of benzene rings is 3. The number of hydrogen-bond acceptors (Lipinski definition) is 4. The van der Waals surface area contributed by atoms with Crippen LogP contribution in [0.5, 0.6) is 0 Å². The van der Waals surface area contributed by atoms with Gasteiger partial charge in [-0.15, -0.1) is 0 Å². The van der Waals surface area contributed by atoms with Crippen molar-refractivity contribution in [3.8, 4) is 0 Å². The van der Waals surface area contributed by atoms with Gasteiger partial charge in [0.05, 0.1) is 11.9 Å². The number of nitrogens with zero attached hydrogens (tertiary/aromatic N) is 2. The van der Waals surface area contributed by atoms with Gasteiger partial charge in [-0.2, -0.15) is 0 Å². The van der Waals surface area contributed by atoms with Crippen molar-refractivity contribution in [2.45, 2.75) is 77.9 Å². The maximum atomic E-state index is 14.4. The minimum Gasteiger partial charge on any atom is -0.352 e. The summed E-state index contributed by atoms with van der Waals surface area (Å²) in [7, 11) is -3.81. The lowest BCUT2D eigenvalue weighted by atomic mass is 9.94. The summed E-state index contributed by atoms with van der Waals surface area (Å²) in [6, 6.07) is 22.1. The first-order valence-corrected chi connectivity index (χ1v) is 16.6. The highest BCUT2D eigenvalue weighted by Crippen LogP contribution is 2.26. The van der Waals surface area contributed by atoms with Crippen LogP contribution >= 0.6 is 0 Å². The van der Waals surface area contributed by atoms with Gasteiger partial charge in [0.15, 0.2) is 0 Å². The summed E-state index contributed by atoms with van der Waals surface area (Å²) < 4.78 is 27.4. The molecule has 0 aliphatic heterocycles. The van der Waals surface area contributed by atoms with E-state index in [1.54, 1.807) is 17.0 Å². The van der Waals surface area contributed by atoms with Gasteiger partial charge in [0.1, 0.15) is 12.6 Å². The molecule has 7 nitrogen and oxygen atoms in total. The van der Waals surface area contributed by atoms with Gasteiger partial charge in [-0.3, -0.25) is 13.9 Å². The number of anilines is 1. The zero-order valence-electron chi connectivity index (χ0n) is 25.2. The number of carbonyl (C=O) groups is 2. The van der Waals surface area contributed by atoms with E-state index in [1.165, 1.54) is 4.31 Å². The molecule has 4 rings (SSSR count). The molecule has 2 amide bonds. The largest absolute Gasteiger partial charge is 0.352 e. The first-order chi connectivity index (χ1) is 20.0. The van der Waals surface area contributed by atoms with Crippen LogP contribution in [-0.2, 0) is 32.6 Å². The molecule has 0 radical (unpaired) electrons. The zero-order valence-corrected chi connectivity index (χ0v) is 26.0. The fourth-order valence-corrected chi connectivity index (χ4v) is 6.57. The number of sulfonamides is 1. The highest BCUT2D eigenvalue weighted by molar-refractivity contribution is 7.92. The Morgan fingerprint density at radius 1 is 0.857 bits per heavy atom. The molecule has 42 heavy (non-hydrogen) atoms. The molecule has 0 heterocycles. The van der Waals surface area contributed by atoms with Crippen LogP contribution in [0.4, 0.5) is 5.69 Å². The average molecular weight is 590 g/mol. The molecule has 3 aromatic rings. The molecule has 0 unspecified atom stereocenters. The van der Waals surface area contributed by atoms with E-state index in [9.17, 15) is 18.0 Å². The zero-order chi connectivity index (χ0) is 30.3. The van der Waals surface area contributed by atoms with E-state index in [0.717, 1.165) is 66.2 Å². The van der Waals surface area contributed by atoms with E-state index in [4.69, 9.17) is 0 Å². The maximum absolute atomic E-state index is 14.4. The molecule has 1 aliphatic carbocycles. The highest BCUT2D eigenvalue weighted by Gasteiger charge is 2.34. The van der Waals surface area contributed by atoms with Crippen molar-refractivity contribution in [2.75, 3.05) is 17.1 Å². The molecule has 0 spiro atoms. The molecule has 1 aliphatic rings. The summed E-state index contributed by atoms with van der Waals surface area (Å²) in [6.07, 6.45) is 6.58. The quantitative estimate of drug-likeness (QED) is 0.322. The number of nitrogens with one attached hydrogen (secondary N) is 1. The van der Waals surface area contributed by atoms with Gasteiger partial charge in [0.2, 0.25) is 21.8 Å². The van der Waals surface area contributed by atoms with Crippen molar-refractivity contribution in [2.24, 2.45) is 0 Å². The number of amides is 2. The molecule has 8 heteroatoms. The van der Waals surface area contributed by atoms with Crippen molar-refractivity contribution in [1.82, 2.24) is 10.2 Å². The van der Waals surface area contributed by atoms with Gasteiger partial charge in [0.25, 0.3) is 0 Å². The van der Waals surface area contributed by atoms with Crippen molar-refractivity contribution in [3.63, 3.8) is 0 Å². The van der Waals surface area contributed by atoms with Crippen LogP contribution < -0.4 is 9.62 Å². The molecule has 0 aromatic heterocycles. The second-order valence-corrected chi connectivity index (χ2v) is 13.4. The molecule has 0 bridgehead atoms. The van der Waals surface area contributed by atoms with Gasteiger partial charge in [-0.25, -0.2) is 8.42 Å². The summed E-state index contributed by atoms with van der Waals surface area (Å²) in [6.45, 7) is 5.53. The maximum Gasteiger partial charge on any atom is 0.244 e. The molecule has 1 N–H and O–H groups in total. The third-order valence-electron chi connectivity index (χ3n) is 8.35. The van der Waals surface area contributed by atoms with Crippen LogP contribution in [-0.4, -0.2) is 50.0 Å². The van der Waals surface area contributed by atoms with E-state index in [1.807, 2.05) is 81.4 Å². The summed E-state index contributed by atoms with van der Waals surface area (Å²) >= 11 is 0. The molecule has 1 atom stereocenters. The minimum atomic E-state index is -3.81. The van der Waals surface area contributed by atoms with Gasteiger partial charge < -0.3 is 10.2 Å². The fraction of sp³-hybridized carbons (Fsp3) is 0.412. The summed E-state index contributed by atoms with van der Waals surface area (Å²) in [5, 5.41) is 3.24. The van der Waals surface area contributed by atoms with E-state index in [2.05, 4.69) is 5.32 Å². The predicted octanol–water partition coefficient (Wildman–Crippen LogP) is 5.47. The third kappa shape index (κ3) is 8.00. The van der Waals surface area contributed by atoms with Crippen LogP contribution in [0.3, 0.4) is 0 Å². The molecule has 1 fully saturated rings. The number of aryl methyl sites for hydroxylation is 2. The first kappa shape index (κ1) is 31.3. The Labute approximate surface area is 251 Å². The number of hydrogen-bond donors (Lipinski definition) is 1. The van der Waals surface area contributed by atoms with Gasteiger partial charge in [-0.1, -0.05) is 86.0 Å². The Balaban J connectivity index is 1.75. The Hall–Kier alpha value is -3.65. The van der Waals surface area contributed by atoms with Gasteiger partial charge in [0, 0.05) is 19.0 Å². The fourth-order valence-electron chi connectivity index (χ4n) is 5.67. The van der Waals surface area contributed by atoms with Crippen LogP contribution in [0, 0.1) is 20.8 Å². The lowest BCUT2D eigenvalue weighted by Gasteiger charge is -2.35. The Morgan fingerprint density at radius 2 is 1.50 bits per heavy atom.